The molecule has 0 aliphatic heterocycles. The maximum atomic E-state index is 10.3. The van der Waals surface area contributed by atoms with E-state index in [1.54, 1.807) is 6.20 Å². The third-order valence-corrected chi connectivity index (χ3v) is 3.12. The Morgan fingerprint density at radius 3 is 2.83 bits per heavy atom. The molecular formula is C14H19N3O. The van der Waals surface area contributed by atoms with Gasteiger partial charge in [-0.1, -0.05) is 13.0 Å². The van der Waals surface area contributed by atoms with Crippen molar-refractivity contribution in [3.63, 3.8) is 0 Å². The van der Waals surface area contributed by atoms with E-state index >= 15 is 0 Å². The van der Waals surface area contributed by atoms with Gasteiger partial charge >= 0.3 is 0 Å². The van der Waals surface area contributed by atoms with Crippen LogP contribution in [-0.4, -0.2) is 19.9 Å². The zero-order valence-electron chi connectivity index (χ0n) is 11.1. The smallest absolute Gasteiger partial charge is 0.102 e. The standard InChI is InChI=1S/C14H19N3O/c1-4-11-6-5-7-15-14(11)13(18)9-12-8-10(2)16-17(12)3/h5-8,13,18H,4,9H2,1-3H3. The average molecular weight is 245 g/mol. The molecule has 0 bridgehead atoms. The van der Waals surface area contributed by atoms with Crippen molar-refractivity contribution < 1.29 is 5.11 Å². The van der Waals surface area contributed by atoms with Crippen LogP contribution in [0.5, 0.6) is 0 Å². The van der Waals surface area contributed by atoms with Crippen LogP contribution in [-0.2, 0) is 19.9 Å². The summed E-state index contributed by atoms with van der Waals surface area (Å²) in [5.41, 5.74) is 3.87. The number of rotatable bonds is 4. The molecular weight excluding hydrogens is 226 g/mol. The molecule has 1 unspecified atom stereocenters. The van der Waals surface area contributed by atoms with Crippen molar-refractivity contribution in [1.29, 1.82) is 0 Å². The molecule has 4 nitrogen and oxygen atoms in total. The molecule has 0 saturated heterocycles. The Morgan fingerprint density at radius 2 is 2.22 bits per heavy atom. The first kappa shape index (κ1) is 12.8. The van der Waals surface area contributed by atoms with Gasteiger partial charge in [-0.3, -0.25) is 9.67 Å². The van der Waals surface area contributed by atoms with Gasteiger partial charge in [-0.25, -0.2) is 0 Å². The highest BCUT2D eigenvalue weighted by Crippen LogP contribution is 2.20. The molecule has 2 heterocycles. The Hall–Kier alpha value is -1.68. The lowest BCUT2D eigenvalue weighted by Crippen LogP contribution is -2.10. The predicted molar refractivity (Wildman–Crippen MR) is 70.2 cm³/mol. The molecule has 0 radical (unpaired) electrons. The van der Waals surface area contributed by atoms with E-state index in [4.69, 9.17) is 0 Å². The van der Waals surface area contributed by atoms with E-state index in [0.29, 0.717) is 6.42 Å². The molecule has 0 saturated carbocycles. The number of aliphatic hydroxyl groups excluding tert-OH is 1. The summed E-state index contributed by atoms with van der Waals surface area (Å²) in [6, 6.07) is 5.92. The number of aryl methyl sites for hydroxylation is 3. The Kier molecular flexibility index (Phi) is 3.77. The third kappa shape index (κ3) is 2.59. The van der Waals surface area contributed by atoms with Gasteiger partial charge in [0.25, 0.3) is 0 Å². The van der Waals surface area contributed by atoms with Crippen LogP contribution in [0.4, 0.5) is 0 Å². The number of aliphatic hydroxyl groups is 1. The number of aromatic nitrogens is 3. The van der Waals surface area contributed by atoms with Crippen LogP contribution in [0, 0.1) is 6.92 Å². The Labute approximate surface area is 107 Å². The lowest BCUT2D eigenvalue weighted by Gasteiger charge is -2.13. The van der Waals surface area contributed by atoms with Crippen LogP contribution in [0.15, 0.2) is 24.4 Å². The highest BCUT2D eigenvalue weighted by Gasteiger charge is 2.15. The van der Waals surface area contributed by atoms with Crippen molar-refractivity contribution in [2.45, 2.75) is 32.8 Å². The fourth-order valence-corrected chi connectivity index (χ4v) is 2.20. The minimum absolute atomic E-state index is 0.543. The molecule has 0 fully saturated rings. The van der Waals surface area contributed by atoms with Gasteiger partial charge in [-0.15, -0.1) is 0 Å². The first-order chi connectivity index (χ1) is 8.61. The number of nitrogens with zero attached hydrogens (tertiary/aromatic N) is 3. The fourth-order valence-electron chi connectivity index (χ4n) is 2.20. The quantitative estimate of drug-likeness (QED) is 0.896. The largest absolute Gasteiger partial charge is 0.386 e. The normalized spacial score (nSPS) is 12.7. The van der Waals surface area contributed by atoms with Gasteiger partial charge in [-0.2, -0.15) is 5.10 Å². The van der Waals surface area contributed by atoms with Crippen molar-refractivity contribution in [3.8, 4) is 0 Å². The number of pyridine rings is 1. The number of hydrogen-bond donors (Lipinski definition) is 1. The van der Waals surface area contributed by atoms with Crippen molar-refractivity contribution in [3.05, 3.63) is 47.0 Å². The molecule has 0 amide bonds. The molecule has 0 spiro atoms. The first-order valence-corrected chi connectivity index (χ1v) is 6.23. The summed E-state index contributed by atoms with van der Waals surface area (Å²) in [7, 11) is 1.90. The summed E-state index contributed by atoms with van der Waals surface area (Å²) in [5, 5.41) is 14.6. The van der Waals surface area contributed by atoms with Gasteiger partial charge < -0.3 is 5.11 Å². The minimum Gasteiger partial charge on any atom is -0.386 e. The van der Waals surface area contributed by atoms with E-state index in [1.165, 1.54) is 0 Å². The Balaban J connectivity index is 2.21. The second-order valence-corrected chi connectivity index (χ2v) is 4.52. The third-order valence-electron chi connectivity index (χ3n) is 3.12. The monoisotopic (exact) mass is 245 g/mol. The molecule has 2 rings (SSSR count). The van der Waals surface area contributed by atoms with Crippen LogP contribution < -0.4 is 0 Å². The van der Waals surface area contributed by atoms with E-state index in [0.717, 1.165) is 29.1 Å². The van der Waals surface area contributed by atoms with Gasteiger partial charge in [-0.05, 0) is 31.0 Å². The zero-order valence-corrected chi connectivity index (χ0v) is 11.1. The van der Waals surface area contributed by atoms with Gasteiger partial charge in [0.2, 0.25) is 0 Å². The SMILES string of the molecule is CCc1cccnc1C(O)Cc1cc(C)nn1C. The average Bonchev–Trinajstić information content (AvgIpc) is 2.67. The maximum Gasteiger partial charge on any atom is 0.102 e. The van der Waals surface area contributed by atoms with Crippen molar-refractivity contribution in [1.82, 2.24) is 14.8 Å². The van der Waals surface area contributed by atoms with Crippen molar-refractivity contribution >= 4 is 0 Å². The first-order valence-electron chi connectivity index (χ1n) is 6.23. The zero-order chi connectivity index (χ0) is 13.1. The van der Waals surface area contributed by atoms with E-state index in [1.807, 2.05) is 36.9 Å². The Bertz CT molecular complexity index is 534. The second-order valence-electron chi connectivity index (χ2n) is 4.52. The molecule has 0 aliphatic carbocycles. The molecule has 96 valence electrons. The molecule has 0 aliphatic rings. The minimum atomic E-state index is -0.573. The van der Waals surface area contributed by atoms with E-state index in [2.05, 4.69) is 17.0 Å². The van der Waals surface area contributed by atoms with Gasteiger partial charge in [0.15, 0.2) is 0 Å². The maximum absolute atomic E-state index is 10.3. The van der Waals surface area contributed by atoms with Crippen LogP contribution in [0.3, 0.4) is 0 Å². The second kappa shape index (κ2) is 5.31. The molecule has 18 heavy (non-hydrogen) atoms. The van der Waals surface area contributed by atoms with Crippen LogP contribution in [0.2, 0.25) is 0 Å². The Morgan fingerprint density at radius 1 is 1.44 bits per heavy atom. The lowest BCUT2D eigenvalue weighted by molar-refractivity contribution is 0.170. The molecule has 0 aromatic carbocycles. The fraction of sp³-hybridized carbons (Fsp3) is 0.429. The lowest BCUT2D eigenvalue weighted by atomic mass is 10.0. The molecule has 1 atom stereocenters. The van der Waals surface area contributed by atoms with E-state index in [-0.39, 0.29) is 0 Å². The van der Waals surface area contributed by atoms with Gasteiger partial charge in [0, 0.05) is 25.4 Å². The van der Waals surface area contributed by atoms with Crippen LogP contribution in [0.1, 0.15) is 35.7 Å². The predicted octanol–water partition coefficient (Wildman–Crippen LogP) is 1.96. The summed E-state index contributed by atoms with van der Waals surface area (Å²) >= 11 is 0. The highest BCUT2D eigenvalue weighted by atomic mass is 16.3. The summed E-state index contributed by atoms with van der Waals surface area (Å²) in [5.74, 6) is 0. The van der Waals surface area contributed by atoms with Gasteiger partial charge in [0.05, 0.1) is 11.4 Å². The molecule has 2 aromatic heterocycles. The summed E-state index contributed by atoms with van der Waals surface area (Å²) < 4.78 is 1.81. The molecule has 1 N–H and O–H groups in total. The van der Waals surface area contributed by atoms with E-state index < -0.39 is 6.10 Å². The summed E-state index contributed by atoms with van der Waals surface area (Å²) in [6.07, 6.45) is 2.58. The number of hydrogen-bond acceptors (Lipinski definition) is 3. The van der Waals surface area contributed by atoms with Gasteiger partial charge in [0.1, 0.15) is 6.10 Å². The van der Waals surface area contributed by atoms with Crippen LogP contribution >= 0.6 is 0 Å². The topological polar surface area (TPSA) is 50.9 Å². The van der Waals surface area contributed by atoms with Crippen LogP contribution in [0.25, 0.3) is 0 Å². The van der Waals surface area contributed by atoms with Crippen molar-refractivity contribution in [2.75, 3.05) is 0 Å². The van der Waals surface area contributed by atoms with Crippen molar-refractivity contribution in [2.24, 2.45) is 7.05 Å². The molecule has 2 aromatic rings. The summed E-state index contributed by atoms with van der Waals surface area (Å²) in [6.45, 7) is 4.02. The molecule has 4 heteroatoms. The highest BCUT2D eigenvalue weighted by molar-refractivity contribution is 5.23. The summed E-state index contributed by atoms with van der Waals surface area (Å²) in [4.78, 5) is 4.30. The van der Waals surface area contributed by atoms with E-state index in [9.17, 15) is 5.11 Å².